The van der Waals surface area contributed by atoms with E-state index in [0.29, 0.717) is 5.56 Å². The van der Waals surface area contributed by atoms with Crippen molar-refractivity contribution in [1.82, 2.24) is 5.32 Å². The Labute approximate surface area is 171 Å². The fraction of sp³-hybridized carbons (Fsp3) is 0.200. The van der Waals surface area contributed by atoms with Gasteiger partial charge in [-0.05, 0) is 36.4 Å². The van der Waals surface area contributed by atoms with E-state index >= 15 is 0 Å². The summed E-state index contributed by atoms with van der Waals surface area (Å²) in [7, 11) is 2.60. The Morgan fingerprint density at radius 3 is 2.37 bits per heavy atom. The van der Waals surface area contributed by atoms with Crippen LogP contribution in [-0.2, 0) is 9.53 Å². The van der Waals surface area contributed by atoms with Gasteiger partial charge in [0.1, 0.15) is 5.69 Å². The van der Waals surface area contributed by atoms with Crippen molar-refractivity contribution in [1.29, 1.82) is 5.26 Å². The van der Waals surface area contributed by atoms with Crippen LogP contribution in [0.3, 0.4) is 0 Å². The summed E-state index contributed by atoms with van der Waals surface area (Å²) in [5.41, 5.74) is 0.202. The zero-order valence-corrected chi connectivity index (χ0v) is 16.2. The van der Waals surface area contributed by atoms with Gasteiger partial charge in [-0.3, -0.25) is 24.5 Å². The van der Waals surface area contributed by atoms with Crippen LogP contribution in [0.1, 0.15) is 32.7 Å². The molecular formula is C20H18N4O6. The number of nitriles is 1. The minimum atomic E-state index is -0.691. The number of hydrogen-bond acceptors (Lipinski definition) is 7. The average Bonchev–Trinajstić information content (AvgIpc) is 2.77. The molecule has 10 nitrogen and oxygen atoms in total. The topological polar surface area (TPSA) is 143 Å². The Bertz CT molecular complexity index is 1030. The lowest BCUT2D eigenvalue weighted by atomic mass is 10.1. The molecule has 0 aliphatic heterocycles. The number of carbonyl (C=O) groups is 3. The van der Waals surface area contributed by atoms with E-state index in [1.807, 2.05) is 6.07 Å². The van der Waals surface area contributed by atoms with Crippen LogP contribution in [0.4, 0.5) is 11.4 Å². The molecule has 0 aliphatic rings. The fourth-order valence-electron chi connectivity index (χ4n) is 2.57. The molecule has 154 valence electrons. The molecule has 2 amide bonds. The quantitative estimate of drug-likeness (QED) is 0.418. The Balaban J connectivity index is 2.24. The number of amides is 2. The highest BCUT2D eigenvalue weighted by atomic mass is 16.6. The molecule has 1 N–H and O–H groups in total. The van der Waals surface area contributed by atoms with Crippen LogP contribution in [-0.4, -0.2) is 43.4 Å². The molecule has 0 bridgehead atoms. The number of esters is 1. The van der Waals surface area contributed by atoms with Crippen molar-refractivity contribution in [2.24, 2.45) is 0 Å². The Morgan fingerprint density at radius 2 is 1.80 bits per heavy atom. The predicted molar refractivity (Wildman–Crippen MR) is 106 cm³/mol. The number of carbonyl (C=O) groups excluding carboxylic acids is 3. The monoisotopic (exact) mass is 410 g/mol. The molecule has 2 aromatic rings. The van der Waals surface area contributed by atoms with Crippen LogP contribution in [0, 0.1) is 21.4 Å². The SMILES string of the molecule is COC(=O)CCNC(=O)c1ccc(N(C)C(=O)c2ccc(C#N)cc2)c([N+](=O)[O-])c1. The van der Waals surface area contributed by atoms with Crippen LogP contribution in [0.15, 0.2) is 42.5 Å². The predicted octanol–water partition coefficient (Wildman–Crippen LogP) is 2.04. The fourth-order valence-corrected chi connectivity index (χ4v) is 2.57. The molecule has 0 aliphatic carbocycles. The number of nitrogens with one attached hydrogen (secondary N) is 1. The first-order valence-corrected chi connectivity index (χ1v) is 8.70. The number of nitrogens with zero attached hydrogens (tertiary/aromatic N) is 3. The zero-order valence-electron chi connectivity index (χ0n) is 16.2. The summed E-state index contributed by atoms with van der Waals surface area (Å²) in [5.74, 6) is -1.62. The highest BCUT2D eigenvalue weighted by molar-refractivity contribution is 6.07. The molecule has 0 aromatic heterocycles. The third-order valence-corrected chi connectivity index (χ3v) is 4.20. The summed E-state index contributed by atoms with van der Waals surface area (Å²) in [6.07, 6.45) is -0.0375. The van der Waals surface area contributed by atoms with Crippen molar-refractivity contribution in [3.63, 3.8) is 0 Å². The Kier molecular flexibility index (Phi) is 7.19. The van der Waals surface area contributed by atoms with Gasteiger partial charge in [0.05, 0.1) is 30.1 Å². The minimum absolute atomic E-state index is 0.000436. The number of anilines is 1. The summed E-state index contributed by atoms with van der Waals surface area (Å²) < 4.78 is 4.47. The van der Waals surface area contributed by atoms with Gasteiger partial charge >= 0.3 is 5.97 Å². The van der Waals surface area contributed by atoms with Crippen molar-refractivity contribution in [3.8, 4) is 6.07 Å². The first-order valence-electron chi connectivity index (χ1n) is 8.70. The van der Waals surface area contributed by atoms with Crippen molar-refractivity contribution in [2.75, 3.05) is 25.6 Å². The van der Waals surface area contributed by atoms with Gasteiger partial charge in [0.25, 0.3) is 17.5 Å². The maximum atomic E-state index is 12.7. The summed E-state index contributed by atoms with van der Waals surface area (Å²) in [6.45, 7) is 0.0120. The van der Waals surface area contributed by atoms with E-state index in [1.165, 1.54) is 50.6 Å². The van der Waals surface area contributed by atoms with Crippen LogP contribution in [0.25, 0.3) is 0 Å². The number of hydrogen-bond donors (Lipinski definition) is 1. The molecule has 30 heavy (non-hydrogen) atoms. The third-order valence-electron chi connectivity index (χ3n) is 4.20. The van der Waals surface area contributed by atoms with Crippen molar-refractivity contribution in [2.45, 2.75) is 6.42 Å². The van der Waals surface area contributed by atoms with E-state index in [-0.39, 0.29) is 29.8 Å². The van der Waals surface area contributed by atoms with Gasteiger partial charge in [-0.2, -0.15) is 5.26 Å². The number of benzene rings is 2. The molecule has 0 fully saturated rings. The largest absolute Gasteiger partial charge is 0.469 e. The van der Waals surface area contributed by atoms with Crippen LogP contribution < -0.4 is 10.2 Å². The third kappa shape index (κ3) is 5.17. The number of ether oxygens (including phenoxy) is 1. The van der Waals surface area contributed by atoms with Gasteiger partial charge in [-0.15, -0.1) is 0 Å². The van der Waals surface area contributed by atoms with E-state index < -0.39 is 28.4 Å². The first kappa shape index (κ1) is 22.0. The van der Waals surface area contributed by atoms with Crippen LogP contribution in [0.2, 0.25) is 0 Å². The molecule has 0 unspecified atom stereocenters. The summed E-state index contributed by atoms with van der Waals surface area (Å²) in [5, 5.41) is 22.8. The van der Waals surface area contributed by atoms with E-state index in [4.69, 9.17) is 5.26 Å². The van der Waals surface area contributed by atoms with Crippen molar-refractivity contribution >= 4 is 29.2 Å². The van der Waals surface area contributed by atoms with Gasteiger partial charge in [-0.25, -0.2) is 0 Å². The van der Waals surface area contributed by atoms with Crippen LogP contribution in [0.5, 0.6) is 0 Å². The first-order chi connectivity index (χ1) is 14.3. The summed E-state index contributed by atoms with van der Waals surface area (Å²) in [4.78, 5) is 47.9. The van der Waals surface area contributed by atoms with Gasteiger partial charge in [-0.1, -0.05) is 0 Å². The number of methoxy groups -OCH3 is 1. The maximum absolute atomic E-state index is 12.7. The second kappa shape index (κ2) is 9.79. The number of rotatable bonds is 7. The average molecular weight is 410 g/mol. The number of nitro benzene ring substituents is 1. The summed E-state index contributed by atoms with van der Waals surface area (Å²) >= 11 is 0. The smallest absolute Gasteiger partial charge is 0.307 e. The lowest BCUT2D eigenvalue weighted by molar-refractivity contribution is -0.384. The molecule has 0 spiro atoms. The summed E-state index contributed by atoms with van der Waals surface area (Å²) in [6, 6.07) is 11.5. The molecule has 2 aromatic carbocycles. The van der Waals surface area contributed by atoms with Crippen molar-refractivity contribution in [3.05, 3.63) is 69.3 Å². The second-order valence-corrected chi connectivity index (χ2v) is 6.10. The molecule has 0 radical (unpaired) electrons. The van der Waals surface area contributed by atoms with Gasteiger partial charge in [0.15, 0.2) is 0 Å². The Morgan fingerprint density at radius 1 is 1.17 bits per heavy atom. The molecule has 0 saturated carbocycles. The van der Waals surface area contributed by atoms with E-state index in [9.17, 15) is 24.5 Å². The van der Waals surface area contributed by atoms with Gasteiger partial charge < -0.3 is 15.0 Å². The maximum Gasteiger partial charge on any atom is 0.307 e. The van der Waals surface area contributed by atoms with Crippen LogP contribution >= 0.6 is 0 Å². The molecule has 2 rings (SSSR count). The lowest BCUT2D eigenvalue weighted by Gasteiger charge is -2.18. The Hall–Kier alpha value is -4.26. The van der Waals surface area contributed by atoms with Gasteiger partial charge in [0.2, 0.25) is 0 Å². The van der Waals surface area contributed by atoms with Gasteiger partial charge in [0, 0.05) is 30.8 Å². The highest BCUT2D eigenvalue weighted by Gasteiger charge is 2.24. The highest BCUT2D eigenvalue weighted by Crippen LogP contribution is 2.29. The van der Waals surface area contributed by atoms with E-state index in [1.54, 1.807) is 0 Å². The molecule has 10 heteroatoms. The number of nitro groups is 1. The zero-order chi connectivity index (χ0) is 22.3. The van der Waals surface area contributed by atoms with E-state index in [0.717, 1.165) is 11.0 Å². The van der Waals surface area contributed by atoms with E-state index in [2.05, 4.69) is 10.1 Å². The minimum Gasteiger partial charge on any atom is -0.469 e. The molecular weight excluding hydrogens is 392 g/mol. The normalized spacial score (nSPS) is 9.90. The standard InChI is InChI=1S/C20H18N4O6/c1-23(20(27)14-5-3-13(12-21)4-6-14)16-8-7-15(11-17(16)24(28)29)19(26)22-10-9-18(25)30-2/h3-8,11H,9-10H2,1-2H3,(H,22,26). The lowest BCUT2D eigenvalue weighted by Crippen LogP contribution is -2.28. The second-order valence-electron chi connectivity index (χ2n) is 6.10. The molecule has 0 heterocycles. The molecule has 0 saturated heterocycles. The van der Waals surface area contributed by atoms with Crippen molar-refractivity contribution < 1.29 is 24.0 Å². The molecule has 0 atom stereocenters.